The molecule has 7 nitrogen and oxygen atoms in total. The van der Waals surface area contributed by atoms with Crippen molar-refractivity contribution in [2.45, 2.75) is 39.2 Å². The average Bonchev–Trinajstić information content (AvgIpc) is 3.19. The summed E-state index contributed by atoms with van der Waals surface area (Å²) in [5, 5.41) is 3.74. The topological polar surface area (TPSA) is 80.1 Å². The second-order valence-corrected chi connectivity index (χ2v) is 8.94. The maximum atomic E-state index is 12.8. The van der Waals surface area contributed by atoms with Crippen molar-refractivity contribution in [3.8, 4) is 0 Å². The molecule has 2 aromatic heterocycles. The summed E-state index contributed by atoms with van der Waals surface area (Å²) in [6, 6.07) is 10.2. The first-order chi connectivity index (χ1) is 14.6. The number of nitrogens with one attached hydrogen (secondary N) is 1. The van der Waals surface area contributed by atoms with Gasteiger partial charge >= 0.3 is 0 Å². The molecule has 30 heavy (non-hydrogen) atoms. The van der Waals surface area contributed by atoms with Crippen LogP contribution in [0, 0.1) is 5.92 Å². The molecule has 1 fully saturated rings. The van der Waals surface area contributed by atoms with Crippen LogP contribution < -0.4 is 15.8 Å². The SMILES string of the molecule is C[C@H]1CCCN(c2nc3ncn(CC(=O)NCCCc4ccccc4)c(=O)c3s2)C1. The lowest BCUT2D eigenvalue weighted by molar-refractivity contribution is -0.121. The Balaban J connectivity index is 1.36. The van der Waals surface area contributed by atoms with Crippen molar-refractivity contribution in [1.29, 1.82) is 0 Å². The van der Waals surface area contributed by atoms with Crippen molar-refractivity contribution < 1.29 is 4.79 Å². The molecule has 1 aliphatic rings. The Morgan fingerprint density at radius 3 is 2.93 bits per heavy atom. The molecule has 1 saturated heterocycles. The van der Waals surface area contributed by atoms with E-state index in [1.54, 1.807) is 0 Å². The van der Waals surface area contributed by atoms with Gasteiger partial charge < -0.3 is 10.2 Å². The number of benzene rings is 1. The van der Waals surface area contributed by atoms with Crippen molar-refractivity contribution in [1.82, 2.24) is 19.9 Å². The third kappa shape index (κ3) is 4.87. The molecule has 1 aliphatic heterocycles. The normalized spacial score (nSPS) is 16.7. The van der Waals surface area contributed by atoms with Gasteiger partial charge in [-0.1, -0.05) is 48.6 Å². The van der Waals surface area contributed by atoms with Crippen molar-refractivity contribution in [2.75, 3.05) is 24.5 Å². The third-order valence-electron chi connectivity index (χ3n) is 5.42. The third-order valence-corrected chi connectivity index (χ3v) is 6.51. The van der Waals surface area contributed by atoms with E-state index in [4.69, 9.17) is 0 Å². The number of nitrogens with zero attached hydrogens (tertiary/aromatic N) is 4. The predicted molar refractivity (Wildman–Crippen MR) is 120 cm³/mol. The van der Waals surface area contributed by atoms with Crippen LogP contribution in [0.4, 0.5) is 5.13 Å². The highest BCUT2D eigenvalue weighted by Crippen LogP contribution is 2.28. The zero-order chi connectivity index (χ0) is 20.9. The highest BCUT2D eigenvalue weighted by Gasteiger charge is 2.21. The smallest absolute Gasteiger partial charge is 0.273 e. The number of rotatable bonds is 7. The molecule has 3 aromatic rings. The molecule has 3 heterocycles. The van der Waals surface area contributed by atoms with Crippen LogP contribution in [0.5, 0.6) is 0 Å². The monoisotopic (exact) mass is 425 g/mol. The average molecular weight is 426 g/mol. The molecule has 158 valence electrons. The summed E-state index contributed by atoms with van der Waals surface area (Å²) in [6.45, 7) is 4.71. The highest BCUT2D eigenvalue weighted by atomic mass is 32.1. The Kier molecular flexibility index (Phi) is 6.42. The first-order valence-electron chi connectivity index (χ1n) is 10.5. The Bertz CT molecular complexity index is 1060. The van der Waals surface area contributed by atoms with Crippen LogP contribution in [0.2, 0.25) is 0 Å². The summed E-state index contributed by atoms with van der Waals surface area (Å²) in [5.74, 6) is 0.446. The summed E-state index contributed by atoms with van der Waals surface area (Å²) >= 11 is 1.38. The maximum absolute atomic E-state index is 12.8. The lowest BCUT2D eigenvalue weighted by atomic mass is 10.0. The molecule has 0 unspecified atom stereocenters. The zero-order valence-corrected chi connectivity index (χ0v) is 18.0. The number of aryl methyl sites for hydroxylation is 1. The number of carbonyl (C=O) groups is 1. The largest absolute Gasteiger partial charge is 0.355 e. The molecule has 0 aliphatic carbocycles. The van der Waals surface area contributed by atoms with Crippen LogP contribution in [0.1, 0.15) is 31.7 Å². The molecule has 0 spiro atoms. The van der Waals surface area contributed by atoms with Gasteiger partial charge in [-0.25, -0.2) is 4.98 Å². The minimum absolute atomic E-state index is 0.0267. The second kappa shape index (κ2) is 9.38. The summed E-state index contributed by atoms with van der Waals surface area (Å²) in [4.78, 5) is 36.2. The summed E-state index contributed by atoms with van der Waals surface area (Å²) in [6.07, 6.45) is 5.56. The summed E-state index contributed by atoms with van der Waals surface area (Å²) in [7, 11) is 0. The van der Waals surface area contributed by atoms with Gasteiger partial charge in [0.05, 0.1) is 0 Å². The number of anilines is 1. The number of thiazole rings is 1. The molecule has 1 amide bonds. The molecular weight excluding hydrogens is 398 g/mol. The number of hydrogen-bond donors (Lipinski definition) is 1. The van der Waals surface area contributed by atoms with Gasteiger partial charge in [-0.2, -0.15) is 4.98 Å². The second-order valence-electron chi connectivity index (χ2n) is 7.96. The van der Waals surface area contributed by atoms with Crippen molar-refractivity contribution >= 4 is 32.7 Å². The van der Waals surface area contributed by atoms with Gasteiger partial charge in [0.2, 0.25) is 5.91 Å². The Hall–Kier alpha value is -2.74. The van der Waals surface area contributed by atoms with E-state index in [1.165, 1.54) is 34.2 Å². The van der Waals surface area contributed by atoms with E-state index < -0.39 is 0 Å². The number of hydrogen-bond acceptors (Lipinski definition) is 6. The standard InChI is InChI=1S/C22H27N5O2S/c1-16-7-6-12-26(13-16)22-25-20-19(30-22)21(29)27(15-24-20)14-18(28)23-11-5-10-17-8-3-2-4-9-17/h2-4,8-9,15-16H,5-7,10-14H2,1H3,(H,23,28)/t16-/m0/s1. The first-order valence-corrected chi connectivity index (χ1v) is 11.3. The van der Waals surface area contributed by atoms with Gasteiger partial charge in [-0.3, -0.25) is 14.2 Å². The van der Waals surface area contributed by atoms with Crippen LogP contribution in [0.25, 0.3) is 10.3 Å². The van der Waals surface area contributed by atoms with Gasteiger partial charge in [-0.05, 0) is 37.2 Å². The van der Waals surface area contributed by atoms with Gasteiger partial charge in [0.25, 0.3) is 5.56 Å². The first kappa shape index (κ1) is 20.5. The van der Waals surface area contributed by atoms with E-state index in [2.05, 4.69) is 39.2 Å². The van der Waals surface area contributed by atoms with E-state index in [-0.39, 0.29) is 18.0 Å². The maximum Gasteiger partial charge on any atom is 0.273 e. The van der Waals surface area contributed by atoms with Gasteiger partial charge in [0.1, 0.15) is 17.6 Å². The molecule has 4 rings (SSSR count). The van der Waals surface area contributed by atoms with Crippen molar-refractivity contribution in [2.24, 2.45) is 5.92 Å². The molecule has 1 atom stereocenters. The molecule has 0 radical (unpaired) electrons. The van der Waals surface area contributed by atoms with E-state index in [9.17, 15) is 9.59 Å². The van der Waals surface area contributed by atoms with E-state index in [0.717, 1.165) is 37.5 Å². The molecule has 0 saturated carbocycles. The lowest BCUT2D eigenvalue weighted by Crippen LogP contribution is -2.34. The Morgan fingerprint density at radius 1 is 1.30 bits per heavy atom. The van der Waals surface area contributed by atoms with Crippen LogP contribution >= 0.6 is 11.3 Å². The molecule has 0 bridgehead atoms. The van der Waals surface area contributed by atoms with E-state index >= 15 is 0 Å². The summed E-state index contributed by atoms with van der Waals surface area (Å²) < 4.78 is 1.89. The van der Waals surface area contributed by atoms with E-state index in [0.29, 0.717) is 22.8 Å². The molecular formula is C22H27N5O2S. The summed E-state index contributed by atoms with van der Waals surface area (Å²) in [5.41, 5.74) is 1.52. The number of amides is 1. The number of piperidine rings is 1. The molecule has 1 N–H and O–H groups in total. The van der Waals surface area contributed by atoms with Gasteiger partial charge in [0.15, 0.2) is 10.8 Å². The fraction of sp³-hybridized carbons (Fsp3) is 0.455. The minimum Gasteiger partial charge on any atom is -0.355 e. The fourth-order valence-corrected chi connectivity index (χ4v) is 4.83. The van der Waals surface area contributed by atoms with Crippen LogP contribution in [0.3, 0.4) is 0 Å². The fourth-order valence-electron chi connectivity index (χ4n) is 3.82. The number of carbonyl (C=O) groups excluding carboxylic acids is 1. The number of fused-ring (bicyclic) bond motifs is 1. The van der Waals surface area contributed by atoms with Crippen LogP contribution in [-0.2, 0) is 17.8 Å². The van der Waals surface area contributed by atoms with Crippen LogP contribution in [0.15, 0.2) is 41.5 Å². The quantitative estimate of drug-likeness (QED) is 0.589. The van der Waals surface area contributed by atoms with Crippen LogP contribution in [-0.4, -0.2) is 40.1 Å². The highest BCUT2D eigenvalue weighted by molar-refractivity contribution is 7.22. The van der Waals surface area contributed by atoms with E-state index in [1.807, 2.05) is 18.2 Å². The minimum atomic E-state index is -0.201. The van der Waals surface area contributed by atoms with Gasteiger partial charge in [0, 0.05) is 19.6 Å². The number of aromatic nitrogens is 3. The molecule has 8 heteroatoms. The van der Waals surface area contributed by atoms with Crippen molar-refractivity contribution in [3.63, 3.8) is 0 Å². The Labute approximate surface area is 179 Å². The molecule has 1 aromatic carbocycles. The predicted octanol–water partition coefficient (Wildman–Crippen LogP) is 2.84. The lowest BCUT2D eigenvalue weighted by Gasteiger charge is -2.30. The van der Waals surface area contributed by atoms with Crippen molar-refractivity contribution in [3.05, 3.63) is 52.6 Å². The zero-order valence-electron chi connectivity index (χ0n) is 17.2. The Morgan fingerprint density at radius 2 is 2.13 bits per heavy atom. The van der Waals surface area contributed by atoms with Gasteiger partial charge in [-0.15, -0.1) is 0 Å².